The van der Waals surface area contributed by atoms with Crippen LogP contribution in [0, 0.1) is 0 Å². The summed E-state index contributed by atoms with van der Waals surface area (Å²) in [6.45, 7) is 0.275. The van der Waals surface area contributed by atoms with Gasteiger partial charge in [0.15, 0.2) is 5.76 Å². The Bertz CT molecular complexity index is 485. The summed E-state index contributed by atoms with van der Waals surface area (Å²) in [4.78, 5) is 15.5. The zero-order valence-electron chi connectivity index (χ0n) is 8.18. The van der Waals surface area contributed by atoms with Gasteiger partial charge in [0.1, 0.15) is 0 Å². The van der Waals surface area contributed by atoms with Crippen molar-refractivity contribution in [1.29, 1.82) is 0 Å². The van der Waals surface area contributed by atoms with Gasteiger partial charge in [-0.1, -0.05) is 16.8 Å². The lowest BCUT2D eigenvalue weighted by atomic mass is 10.2. The van der Waals surface area contributed by atoms with E-state index in [0.717, 1.165) is 0 Å². The largest absolute Gasteiger partial charge is 0.360 e. The molecular formula is C10H8ClN3O2. The third-order valence-corrected chi connectivity index (χ3v) is 2.23. The Morgan fingerprint density at radius 2 is 2.31 bits per heavy atom. The smallest absolute Gasteiger partial charge is 0.253 e. The van der Waals surface area contributed by atoms with E-state index in [1.807, 2.05) is 0 Å². The molecule has 0 saturated heterocycles. The molecule has 5 nitrogen and oxygen atoms in total. The maximum Gasteiger partial charge on any atom is 0.253 e. The second-order valence-corrected chi connectivity index (χ2v) is 3.42. The van der Waals surface area contributed by atoms with Crippen LogP contribution < -0.4 is 5.32 Å². The predicted molar refractivity (Wildman–Crippen MR) is 56.9 cm³/mol. The molecule has 2 rings (SSSR count). The van der Waals surface area contributed by atoms with Crippen LogP contribution >= 0.6 is 11.6 Å². The fraction of sp³-hybridized carbons (Fsp3) is 0.100. The lowest BCUT2D eigenvalue weighted by Crippen LogP contribution is -2.22. The highest BCUT2D eigenvalue weighted by molar-refractivity contribution is 6.33. The van der Waals surface area contributed by atoms with Gasteiger partial charge in [0.25, 0.3) is 5.91 Å². The van der Waals surface area contributed by atoms with E-state index in [1.165, 1.54) is 18.6 Å². The summed E-state index contributed by atoms with van der Waals surface area (Å²) in [5.74, 6) is 0.308. The van der Waals surface area contributed by atoms with E-state index in [1.54, 1.807) is 12.1 Å². The lowest BCUT2D eigenvalue weighted by Gasteiger charge is -2.03. The first-order valence-corrected chi connectivity index (χ1v) is 4.92. The zero-order chi connectivity index (χ0) is 11.4. The molecule has 0 aliphatic carbocycles. The van der Waals surface area contributed by atoms with Crippen molar-refractivity contribution in [2.45, 2.75) is 6.54 Å². The number of hydrogen-bond donors (Lipinski definition) is 1. The molecule has 0 bridgehead atoms. The Labute approximate surface area is 96.4 Å². The maximum absolute atomic E-state index is 11.7. The molecule has 82 valence electrons. The summed E-state index contributed by atoms with van der Waals surface area (Å²) in [5, 5.41) is 6.50. The van der Waals surface area contributed by atoms with E-state index >= 15 is 0 Å². The number of nitrogens with one attached hydrogen (secondary N) is 1. The van der Waals surface area contributed by atoms with Crippen molar-refractivity contribution in [1.82, 2.24) is 15.5 Å². The van der Waals surface area contributed by atoms with Crippen LogP contribution in [0.2, 0.25) is 5.02 Å². The van der Waals surface area contributed by atoms with Crippen LogP contribution in [0.25, 0.3) is 0 Å². The molecule has 6 heteroatoms. The molecule has 0 unspecified atom stereocenters. The standard InChI is InChI=1S/C10H8ClN3O2/c11-9-6-12-3-2-8(9)10(15)13-5-7-1-4-14-16-7/h1-4,6H,5H2,(H,13,15). The Morgan fingerprint density at radius 1 is 1.44 bits per heavy atom. The van der Waals surface area contributed by atoms with E-state index in [2.05, 4.69) is 15.5 Å². The third kappa shape index (κ3) is 2.38. The summed E-state index contributed by atoms with van der Waals surface area (Å²) >= 11 is 5.82. The van der Waals surface area contributed by atoms with Crippen molar-refractivity contribution < 1.29 is 9.32 Å². The molecule has 2 aromatic heterocycles. The van der Waals surface area contributed by atoms with Gasteiger partial charge >= 0.3 is 0 Å². The van der Waals surface area contributed by atoms with Crippen LogP contribution in [0.5, 0.6) is 0 Å². The molecule has 0 atom stereocenters. The van der Waals surface area contributed by atoms with Crippen molar-refractivity contribution in [3.63, 3.8) is 0 Å². The number of amides is 1. The highest BCUT2D eigenvalue weighted by atomic mass is 35.5. The third-order valence-electron chi connectivity index (χ3n) is 1.93. The molecule has 0 aliphatic rings. The van der Waals surface area contributed by atoms with E-state index in [4.69, 9.17) is 16.1 Å². The van der Waals surface area contributed by atoms with Crippen molar-refractivity contribution in [3.8, 4) is 0 Å². The number of hydrogen-bond acceptors (Lipinski definition) is 4. The van der Waals surface area contributed by atoms with Crippen LogP contribution in [-0.4, -0.2) is 16.0 Å². The highest BCUT2D eigenvalue weighted by Crippen LogP contribution is 2.13. The van der Waals surface area contributed by atoms with Gasteiger partial charge in [-0.25, -0.2) is 0 Å². The number of pyridine rings is 1. The Morgan fingerprint density at radius 3 is 3.00 bits per heavy atom. The topological polar surface area (TPSA) is 68.0 Å². The maximum atomic E-state index is 11.7. The fourth-order valence-corrected chi connectivity index (χ4v) is 1.36. The highest BCUT2D eigenvalue weighted by Gasteiger charge is 2.09. The number of aromatic nitrogens is 2. The minimum absolute atomic E-state index is 0.274. The summed E-state index contributed by atoms with van der Waals surface area (Å²) < 4.78 is 4.84. The van der Waals surface area contributed by atoms with Gasteiger partial charge in [0.2, 0.25) is 0 Å². The van der Waals surface area contributed by atoms with Crippen LogP contribution in [0.4, 0.5) is 0 Å². The average Bonchev–Trinajstić information content (AvgIpc) is 2.79. The molecule has 16 heavy (non-hydrogen) atoms. The molecule has 0 aromatic carbocycles. The average molecular weight is 238 g/mol. The van der Waals surface area contributed by atoms with Gasteiger partial charge in [-0.3, -0.25) is 9.78 Å². The quantitative estimate of drug-likeness (QED) is 0.882. The second kappa shape index (κ2) is 4.76. The molecule has 2 heterocycles. The summed E-state index contributed by atoms with van der Waals surface area (Å²) in [6.07, 6.45) is 4.45. The van der Waals surface area contributed by atoms with E-state index in [-0.39, 0.29) is 12.5 Å². The van der Waals surface area contributed by atoms with Crippen molar-refractivity contribution in [2.75, 3.05) is 0 Å². The van der Waals surface area contributed by atoms with Gasteiger partial charge in [0.05, 0.1) is 23.3 Å². The van der Waals surface area contributed by atoms with Crippen LogP contribution in [0.15, 0.2) is 35.2 Å². The molecule has 0 aliphatic heterocycles. The van der Waals surface area contributed by atoms with E-state index in [0.29, 0.717) is 16.3 Å². The number of carbonyl (C=O) groups is 1. The Hall–Kier alpha value is -1.88. The van der Waals surface area contributed by atoms with Crippen LogP contribution in [-0.2, 0) is 6.54 Å². The van der Waals surface area contributed by atoms with Crippen LogP contribution in [0.3, 0.4) is 0 Å². The lowest BCUT2D eigenvalue weighted by molar-refractivity contribution is 0.0947. The molecule has 1 N–H and O–H groups in total. The minimum atomic E-state index is -0.274. The molecule has 0 radical (unpaired) electrons. The predicted octanol–water partition coefficient (Wildman–Crippen LogP) is 1.65. The Balaban J connectivity index is 2.01. The number of carbonyl (C=O) groups excluding carboxylic acids is 1. The normalized spacial score (nSPS) is 10.1. The molecular weight excluding hydrogens is 230 g/mol. The van der Waals surface area contributed by atoms with Gasteiger partial charge in [-0.15, -0.1) is 0 Å². The summed E-state index contributed by atoms with van der Waals surface area (Å²) in [7, 11) is 0. The SMILES string of the molecule is O=C(NCc1ccno1)c1ccncc1Cl. The van der Waals surface area contributed by atoms with Gasteiger partial charge in [-0.05, 0) is 6.07 Å². The molecule has 0 fully saturated rings. The summed E-state index contributed by atoms with van der Waals surface area (Å²) in [5.41, 5.74) is 0.385. The molecule has 0 spiro atoms. The van der Waals surface area contributed by atoms with Gasteiger partial charge < -0.3 is 9.84 Å². The van der Waals surface area contributed by atoms with E-state index < -0.39 is 0 Å². The minimum Gasteiger partial charge on any atom is -0.360 e. The van der Waals surface area contributed by atoms with Crippen molar-refractivity contribution in [2.24, 2.45) is 0 Å². The van der Waals surface area contributed by atoms with Gasteiger partial charge in [-0.2, -0.15) is 0 Å². The van der Waals surface area contributed by atoms with Crippen LogP contribution in [0.1, 0.15) is 16.1 Å². The molecule has 0 saturated carbocycles. The monoisotopic (exact) mass is 237 g/mol. The molecule has 1 amide bonds. The number of halogens is 1. The first-order valence-electron chi connectivity index (χ1n) is 4.54. The fourth-order valence-electron chi connectivity index (χ4n) is 1.16. The van der Waals surface area contributed by atoms with E-state index in [9.17, 15) is 4.79 Å². The first-order chi connectivity index (χ1) is 7.77. The zero-order valence-corrected chi connectivity index (χ0v) is 8.94. The first kappa shape index (κ1) is 10.6. The molecule has 2 aromatic rings. The number of rotatable bonds is 3. The van der Waals surface area contributed by atoms with Crippen molar-refractivity contribution in [3.05, 3.63) is 47.1 Å². The van der Waals surface area contributed by atoms with Crippen molar-refractivity contribution >= 4 is 17.5 Å². The second-order valence-electron chi connectivity index (χ2n) is 3.02. The summed E-state index contributed by atoms with van der Waals surface area (Å²) in [6, 6.07) is 3.23. The Kier molecular flexibility index (Phi) is 3.16. The number of nitrogens with zero attached hydrogens (tertiary/aromatic N) is 2. The van der Waals surface area contributed by atoms with Gasteiger partial charge in [0, 0.05) is 18.5 Å².